The highest BCUT2D eigenvalue weighted by molar-refractivity contribution is 7.90. The lowest BCUT2D eigenvalue weighted by atomic mass is 10.1. The molecule has 148 valence electrons. The van der Waals surface area contributed by atoms with Gasteiger partial charge >= 0.3 is 0 Å². The third-order valence-electron chi connectivity index (χ3n) is 4.79. The van der Waals surface area contributed by atoms with E-state index in [4.69, 9.17) is 0 Å². The quantitative estimate of drug-likeness (QED) is 0.806. The number of aryl methyl sites for hydroxylation is 1. The van der Waals surface area contributed by atoms with Crippen molar-refractivity contribution >= 4 is 21.7 Å². The Bertz CT molecular complexity index is 951. The molecule has 1 fully saturated rings. The van der Waals surface area contributed by atoms with Crippen LogP contribution in [0.5, 0.6) is 0 Å². The summed E-state index contributed by atoms with van der Waals surface area (Å²) in [5.41, 5.74) is 1.99. The van der Waals surface area contributed by atoms with E-state index in [1.165, 1.54) is 0 Å². The Balaban J connectivity index is 1.66. The smallest absolute Gasteiger partial charge is 0.251 e. The zero-order valence-corrected chi connectivity index (χ0v) is 16.6. The molecule has 2 amide bonds. The second-order valence-electron chi connectivity index (χ2n) is 7.08. The Hall–Kier alpha value is -2.67. The van der Waals surface area contributed by atoms with Gasteiger partial charge in [-0.05, 0) is 56.0 Å². The number of amides is 2. The van der Waals surface area contributed by atoms with Gasteiger partial charge in [-0.1, -0.05) is 29.8 Å². The molecule has 1 unspecified atom stereocenters. The first-order valence-electron chi connectivity index (χ1n) is 9.32. The van der Waals surface area contributed by atoms with Crippen LogP contribution in [-0.4, -0.2) is 32.8 Å². The van der Waals surface area contributed by atoms with Crippen molar-refractivity contribution in [3.05, 3.63) is 65.2 Å². The van der Waals surface area contributed by atoms with Crippen LogP contribution in [0.2, 0.25) is 0 Å². The highest BCUT2D eigenvalue weighted by Crippen LogP contribution is 2.18. The summed E-state index contributed by atoms with van der Waals surface area (Å²) in [5.74, 6) is -0.634. The topological polar surface area (TPSA) is 92.3 Å². The van der Waals surface area contributed by atoms with Gasteiger partial charge < -0.3 is 10.6 Å². The summed E-state index contributed by atoms with van der Waals surface area (Å²) in [4.78, 5) is 24.6. The number of sulfone groups is 1. The van der Waals surface area contributed by atoms with Crippen molar-refractivity contribution in [3.63, 3.8) is 0 Å². The number of nitrogens with one attached hydrogen (secondary N) is 2. The Morgan fingerprint density at radius 2 is 1.75 bits per heavy atom. The third-order valence-corrected chi connectivity index (χ3v) is 6.50. The van der Waals surface area contributed by atoms with Crippen LogP contribution in [0.3, 0.4) is 0 Å². The molecule has 28 heavy (non-hydrogen) atoms. The van der Waals surface area contributed by atoms with Gasteiger partial charge in [0, 0.05) is 12.1 Å². The Morgan fingerprint density at radius 3 is 2.43 bits per heavy atom. The van der Waals surface area contributed by atoms with E-state index in [9.17, 15) is 18.0 Å². The zero-order valence-electron chi connectivity index (χ0n) is 15.8. The molecular weight excluding hydrogens is 376 g/mol. The molecular formula is C21H24N2O4S. The highest BCUT2D eigenvalue weighted by atomic mass is 32.2. The van der Waals surface area contributed by atoms with Crippen molar-refractivity contribution in [1.82, 2.24) is 10.6 Å². The largest absolute Gasteiger partial charge is 0.354 e. The van der Waals surface area contributed by atoms with E-state index in [2.05, 4.69) is 10.6 Å². The normalized spacial score (nSPS) is 17.5. The molecule has 1 saturated heterocycles. The van der Waals surface area contributed by atoms with Crippen LogP contribution in [-0.2, 0) is 20.4 Å². The molecule has 1 aliphatic heterocycles. The molecule has 1 atom stereocenters. The summed E-state index contributed by atoms with van der Waals surface area (Å²) in [6.07, 6.45) is 2.40. The molecule has 1 heterocycles. The Kier molecular flexibility index (Phi) is 6.14. The van der Waals surface area contributed by atoms with Gasteiger partial charge in [-0.3, -0.25) is 9.59 Å². The van der Waals surface area contributed by atoms with Crippen molar-refractivity contribution < 1.29 is 18.0 Å². The number of hydrogen-bond acceptors (Lipinski definition) is 4. The van der Waals surface area contributed by atoms with Crippen molar-refractivity contribution in [2.75, 3.05) is 6.54 Å². The Morgan fingerprint density at radius 1 is 1.07 bits per heavy atom. The van der Waals surface area contributed by atoms with Crippen LogP contribution in [0.25, 0.3) is 0 Å². The molecule has 3 rings (SSSR count). The molecule has 0 aromatic heterocycles. The van der Waals surface area contributed by atoms with Crippen LogP contribution >= 0.6 is 0 Å². The second kappa shape index (κ2) is 8.56. The summed E-state index contributed by atoms with van der Waals surface area (Å²) in [7, 11) is -3.45. The van der Waals surface area contributed by atoms with E-state index in [0.29, 0.717) is 24.1 Å². The summed E-state index contributed by atoms with van der Waals surface area (Å²) in [5, 5.41) is 5.54. The van der Waals surface area contributed by atoms with Crippen molar-refractivity contribution in [1.29, 1.82) is 0 Å². The first-order valence-corrected chi connectivity index (χ1v) is 11.0. The maximum Gasteiger partial charge on any atom is 0.251 e. The van der Waals surface area contributed by atoms with Gasteiger partial charge in [0.05, 0.1) is 10.6 Å². The second-order valence-corrected chi connectivity index (χ2v) is 9.07. The number of rotatable bonds is 5. The highest BCUT2D eigenvalue weighted by Gasteiger charge is 2.23. The number of benzene rings is 2. The molecule has 6 nitrogen and oxygen atoms in total. The first-order chi connectivity index (χ1) is 13.3. The maximum atomic E-state index is 12.5. The van der Waals surface area contributed by atoms with Crippen LogP contribution in [0.1, 0.15) is 40.7 Å². The summed E-state index contributed by atoms with van der Waals surface area (Å²) in [6.45, 7) is 2.54. The zero-order chi connectivity index (χ0) is 20.1. The predicted octanol–water partition coefficient (Wildman–Crippen LogP) is 2.37. The molecule has 0 saturated carbocycles. The average molecular weight is 401 g/mol. The fourth-order valence-electron chi connectivity index (χ4n) is 3.12. The third kappa shape index (κ3) is 4.98. The van der Waals surface area contributed by atoms with Gasteiger partial charge in [0.15, 0.2) is 9.84 Å². The molecule has 0 bridgehead atoms. The predicted molar refractivity (Wildman–Crippen MR) is 107 cm³/mol. The van der Waals surface area contributed by atoms with E-state index >= 15 is 0 Å². The lowest BCUT2D eigenvalue weighted by Gasteiger charge is -2.15. The van der Waals surface area contributed by atoms with Crippen LogP contribution < -0.4 is 10.6 Å². The molecule has 7 heteroatoms. The Labute approximate surface area is 165 Å². The van der Waals surface area contributed by atoms with Gasteiger partial charge in [-0.15, -0.1) is 0 Å². The minimum atomic E-state index is -3.45. The fraction of sp³-hybridized carbons (Fsp3) is 0.333. The van der Waals surface area contributed by atoms with E-state index in [1.54, 1.807) is 48.5 Å². The van der Waals surface area contributed by atoms with Crippen molar-refractivity contribution in [3.8, 4) is 0 Å². The van der Waals surface area contributed by atoms with Gasteiger partial charge in [0.2, 0.25) is 5.91 Å². The minimum absolute atomic E-state index is 0.136. The maximum absolute atomic E-state index is 12.5. The SMILES string of the molecule is Cc1ccc(S(=O)(=O)Cc2ccc(C(=O)NC3CCCCNC3=O)cc2)cc1. The van der Waals surface area contributed by atoms with E-state index < -0.39 is 15.9 Å². The molecule has 0 aliphatic carbocycles. The first kappa shape index (κ1) is 20.1. The summed E-state index contributed by atoms with van der Waals surface area (Å²) in [6, 6.07) is 12.6. The number of hydrogen-bond donors (Lipinski definition) is 2. The summed E-state index contributed by atoms with van der Waals surface area (Å²) >= 11 is 0. The van der Waals surface area contributed by atoms with Gasteiger partial charge in [-0.25, -0.2) is 8.42 Å². The van der Waals surface area contributed by atoms with Crippen molar-refractivity contribution in [2.24, 2.45) is 0 Å². The molecule has 2 N–H and O–H groups in total. The molecule has 2 aromatic rings. The van der Waals surface area contributed by atoms with E-state index in [1.807, 2.05) is 6.92 Å². The van der Waals surface area contributed by atoms with E-state index in [0.717, 1.165) is 18.4 Å². The molecule has 2 aromatic carbocycles. The van der Waals surface area contributed by atoms with E-state index in [-0.39, 0.29) is 22.5 Å². The average Bonchev–Trinajstić information content (AvgIpc) is 2.87. The molecule has 1 aliphatic rings. The van der Waals surface area contributed by atoms with Crippen LogP contribution in [0.4, 0.5) is 0 Å². The lowest BCUT2D eigenvalue weighted by Crippen LogP contribution is -2.45. The monoisotopic (exact) mass is 400 g/mol. The van der Waals surface area contributed by atoms with Gasteiger partial charge in [0.1, 0.15) is 6.04 Å². The number of carbonyl (C=O) groups is 2. The number of carbonyl (C=O) groups excluding carboxylic acids is 2. The van der Waals surface area contributed by atoms with Gasteiger partial charge in [0.25, 0.3) is 5.91 Å². The van der Waals surface area contributed by atoms with Gasteiger partial charge in [-0.2, -0.15) is 0 Å². The van der Waals surface area contributed by atoms with Crippen LogP contribution in [0, 0.1) is 6.92 Å². The molecule has 0 spiro atoms. The molecule has 0 radical (unpaired) electrons. The standard InChI is InChI=1S/C21H24N2O4S/c1-15-5-11-18(12-6-15)28(26,27)14-16-7-9-17(10-8-16)20(24)23-19-4-2-3-13-22-21(19)25/h5-12,19H,2-4,13-14H2,1H3,(H,22,25)(H,23,24). The minimum Gasteiger partial charge on any atom is -0.354 e. The van der Waals surface area contributed by atoms with Crippen LogP contribution in [0.15, 0.2) is 53.4 Å². The fourth-order valence-corrected chi connectivity index (χ4v) is 4.47. The van der Waals surface area contributed by atoms with Crippen molar-refractivity contribution in [2.45, 2.75) is 42.9 Å². The summed E-state index contributed by atoms with van der Waals surface area (Å²) < 4.78 is 25.1. The lowest BCUT2D eigenvalue weighted by molar-refractivity contribution is -0.122.